The van der Waals surface area contributed by atoms with Gasteiger partial charge in [0.05, 0.1) is 31.3 Å². The van der Waals surface area contributed by atoms with Crippen LogP contribution in [0.15, 0.2) is 71.8 Å². The van der Waals surface area contributed by atoms with Crippen molar-refractivity contribution in [1.82, 2.24) is 5.43 Å². The van der Waals surface area contributed by atoms with Crippen LogP contribution in [0.2, 0.25) is 0 Å². The molecule has 0 radical (unpaired) electrons. The molecule has 0 saturated carbocycles. The first-order valence-corrected chi connectivity index (χ1v) is 10.6. The van der Waals surface area contributed by atoms with Gasteiger partial charge < -0.3 is 14.2 Å². The largest absolute Gasteiger partial charge is 0.494 e. The molecule has 0 heterocycles. The molecule has 0 spiro atoms. The maximum Gasteiger partial charge on any atom is 0.269 e. The predicted molar refractivity (Wildman–Crippen MR) is 127 cm³/mol. The summed E-state index contributed by atoms with van der Waals surface area (Å²) in [6.45, 7) is 2.73. The lowest BCUT2D eigenvalue weighted by atomic mass is 10.1. The molecule has 0 aliphatic rings. The van der Waals surface area contributed by atoms with Crippen molar-refractivity contribution in [2.24, 2.45) is 5.10 Å². The Morgan fingerprint density at radius 3 is 2.35 bits per heavy atom. The Bertz CT molecular complexity index is 1140. The second-order valence-electron chi connectivity index (χ2n) is 7.17. The zero-order chi connectivity index (χ0) is 24.3. The van der Waals surface area contributed by atoms with Crippen LogP contribution in [-0.2, 0) is 17.8 Å². The fourth-order valence-electron chi connectivity index (χ4n) is 3.03. The smallest absolute Gasteiger partial charge is 0.269 e. The number of benzene rings is 3. The summed E-state index contributed by atoms with van der Waals surface area (Å²) < 4.78 is 16.6. The van der Waals surface area contributed by atoms with Crippen molar-refractivity contribution in [3.8, 4) is 17.2 Å². The van der Waals surface area contributed by atoms with Gasteiger partial charge in [0.15, 0.2) is 11.5 Å². The molecule has 3 aromatic carbocycles. The number of methoxy groups -OCH3 is 1. The van der Waals surface area contributed by atoms with Crippen LogP contribution in [0.25, 0.3) is 0 Å². The summed E-state index contributed by atoms with van der Waals surface area (Å²) in [5.41, 5.74) is 4.88. The molecule has 0 aliphatic carbocycles. The molecule has 0 bridgehead atoms. The Labute approximate surface area is 197 Å². The van der Waals surface area contributed by atoms with Gasteiger partial charge in [0.25, 0.3) is 5.69 Å². The first-order valence-electron chi connectivity index (χ1n) is 10.6. The number of non-ortho nitro benzene ring substituents is 1. The Morgan fingerprint density at radius 2 is 1.71 bits per heavy atom. The quantitative estimate of drug-likeness (QED) is 0.258. The Hall–Kier alpha value is -4.40. The van der Waals surface area contributed by atoms with Crippen LogP contribution >= 0.6 is 0 Å². The minimum absolute atomic E-state index is 0.0246. The molecule has 0 atom stereocenters. The zero-order valence-electron chi connectivity index (χ0n) is 18.9. The molecule has 3 aromatic rings. The summed E-state index contributed by atoms with van der Waals surface area (Å²) in [6, 6.07) is 18.7. The number of hydrogen-bond acceptors (Lipinski definition) is 7. The molecule has 9 heteroatoms. The van der Waals surface area contributed by atoms with Crippen molar-refractivity contribution in [2.45, 2.75) is 20.0 Å². The first kappa shape index (κ1) is 24.2. The number of amides is 1. The molecular weight excluding hydrogens is 438 g/mol. The SMILES string of the molecule is CCOc1ccc(CC(=O)N/N=C/c2ccc(OCc3ccc([N+](=O)[O-])cc3)c(OC)c2)cc1. The number of carbonyl (C=O) groups excluding carboxylic acids is 1. The Balaban J connectivity index is 1.53. The van der Waals surface area contributed by atoms with E-state index in [0.29, 0.717) is 23.7 Å². The number of nitro benzene ring substituents is 1. The lowest BCUT2D eigenvalue weighted by Gasteiger charge is -2.11. The maximum absolute atomic E-state index is 12.1. The van der Waals surface area contributed by atoms with E-state index in [0.717, 1.165) is 16.9 Å². The van der Waals surface area contributed by atoms with E-state index < -0.39 is 4.92 Å². The molecule has 0 unspecified atom stereocenters. The molecular formula is C25H25N3O6. The number of rotatable bonds is 11. The Morgan fingerprint density at radius 1 is 1.00 bits per heavy atom. The highest BCUT2D eigenvalue weighted by molar-refractivity contribution is 5.84. The second-order valence-corrected chi connectivity index (χ2v) is 7.17. The van der Waals surface area contributed by atoms with Gasteiger partial charge in [0.2, 0.25) is 5.91 Å². The highest BCUT2D eigenvalue weighted by Crippen LogP contribution is 2.28. The van der Waals surface area contributed by atoms with Crippen LogP contribution in [0.3, 0.4) is 0 Å². The molecule has 1 amide bonds. The average molecular weight is 463 g/mol. The van der Waals surface area contributed by atoms with Gasteiger partial charge in [-0.3, -0.25) is 14.9 Å². The van der Waals surface area contributed by atoms with Gasteiger partial charge in [-0.15, -0.1) is 0 Å². The van der Waals surface area contributed by atoms with Crippen molar-refractivity contribution in [2.75, 3.05) is 13.7 Å². The van der Waals surface area contributed by atoms with E-state index in [1.54, 1.807) is 30.3 Å². The number of hydrogen-bond donors (Lipinski definition) is 1. The summed E-state index contributed by atoms with van der Waals surface area (Å²) in [6.07, 6.45) is 1.71. The molecule has 0 aromatic heterocycles. The summed E-state index contributed by atoms with van der Waals surface area (Å²) >= 11 is 0. The van der Waals surface area contributed by atoms with Crippen molar-refractivity contribution in [3.05, 3.63) is 93.5 Å². The monoisotopic (exact) mass is 463 g/mol. The van der Waals surface area contributed by atoms with Gasteiger partial charge in [0, 0.05) is 12.1 Å². The topological polar surface area (TPSA) is 112 Å². The average Bonchev–Trinajstić information content (AvgIpc) is 2.84. The van der Waals surface area contributed by atoms with Crippen LogP contribution in [0.5, 0.6) is 17.2 Å². The van der Waals surface area contributed by atoms with E-state index in [2.05, 4.69) is 10.5 Å². The van der Waals surface area contributed by atoms with Gasteiger partial charge in [-0.25, -0.2) is 5.43 Å². The molecule has 3 rings (SSSR count). The zero-order valence-corrected chi connectivity index (χ0v) is 18.9. The minimum Gasteiger partial charge on any atom is -0.494 e. The van der Waals surface area contributed by atoms with Crippen LogP contribution < -0.4 is 19.6 Å². The lowest BCUT2D eigenvalue weighted by molar-refractivity contribution is -0.384. The van der Waals surface area contributed by atoms with E-state index in [1.165, 1.54) is 25.5 Å². The number of nitro groups is 1. The van der Waals surface area contributed by atoms with E-state index >= 15 is 0 Å². The highest BCUT2D eigenvalue weighted by atomic mass is 16.6. The third kappa shape index (κ3) is 7.06. The fourth-order valence-corrected chi connectivity index (χ4v) is 3.03. The lowest BCUT2D eigenvalue weighted by Crippen LogP contribution is -2.19. The number of nitrogens with zero attached hydrogens (tertiary/aromatic N) is 2. The summed E-state index contributed by atoms with van der Waals surface area (Å²) in [5, 5.41) is 14.8. The number of ether oxygens (including phenoxy) is 3. The Kier molecular flexibility index (Phi) is 8.56. The van der Waals surface area contributed by atoms with Crippen LogP contribution in [0.4, 0.5) is 5.69 Å². The van der Waals surface area contributed by atoms with Crippen molar-refractivity contribution in [1.29, 1.82) is 0 Å². The van der Waals surface area contributed by atoms with Crippen molar-refractivity contribution < 1.29 is 23.9 Å². The van der Waals surface area contributed by atoms with Crippen molar-refractivity contribution in [3.63, 3.8) is 0 Å². The summed E-state index contributed by atoms with van der Waals surface area (Å²) in [7, 11) is 1.52. The molecule has 0 fully saturated rings. The van der Waals surface area contributed by atoms with Gasteiger partial charge in [0.1, 0.15) is 12.4 Å². The third-order valence-corrected chi connectivity index (χ3v) is 4.73. The second kappa shape index (κ2) is 12.0. The summed E-state index contributed by atoms with van der Waals surface area (Å²) in [5.74, 6) is 1.53. The molecule has 176 valence electrons. The van der Waals surface area contributed by atoms with Crippen LogP contribution in [0.1, 0.15) is 23.6 Å². The number of hydrazone groups is 1. The molecule has 0 aliphatic heterocycles. The van der Waals surface area contributed by atoms with E-state index in [9.17, 15) is 14.9 Å². The van der Waals surface area contributed by atoms with Crippen LogP contribution in [-0.4, -0.2) is 30.8 Å². The molecule has 1 N–H and O–H groups in total. The van der Waals surface area contributed by atoms with E-state index in [4.69, 9.17) is 14.2 Å². The minimum atomic E-state index is -0.448. The molecule has 0 saturated heterocycles. The fraction of sp³-hybridized carbons (Fsp3) is 0.200. The van der Waals surface area contributed by atoms with E-state index in [-0.39, 0.29) is 24.6 Å². The standard InChI is InChI=1S/C25H25N3O6/c1-3-33-22-11-6-18(7-12-22)15-25(29)27-26-16-20-8-13-23(24(14-20)32-2)34-17-19-4-9-21(10-5-19)28(30)31/h4-14,16H,3,15,17H2,1-2H3,(H,27,29)/b26-16+. The van der Waals surface area contributed by atoms with Crippen molar-refractivity contribution >= 4 is 17.8 Å². The number of nitrogens with one attached hydrogen (secondary N) is 1. The summed E-state index contributed by atoms with van der Waals surface area (Å²) in [4.78, 5) is 22.4. The molecule has 9 nitrogen and oxygen atoms in total. The van der Waals surface area contributed by atoms with Crippen LogP contribution in [0, 0.1) is 10.1 Å². The van der Waals surface area contributed by atoms with Gasteiger partial charge in [-0.1, -0.05) is 12.1 Å². The third-order valence-electron chi connectivity index (χ3n) is 4.73. The predicted octanol–water partition coefficient (Wildman–Crippen LogP) is 4.27. The van der Waals surface area contributed by atoms with E-state index in [1.807, 2.05) is 31.2 Å². The number of carbonyl (C=O) groups is 1. The maximum atomic E-state index is 12.1. The van der Waals surface area contributed by atoms with Gasteiger partial charge >= 0.3 is 0 Å². The highest BCUT2D eigenvalue weighted by Gasteiger charge is 2.08. The van der Waals surface area contributed by atoms with Gasteiger partial charge in [-0.2, -0.15) is 5.10 Å². The first-order chi connectivity index (χ1) is 16.5. The van der Waals surface area contributed by atoms with Gasteiger partial charge in [-0.05, 0) is 66.1 Å². The molecule has 34 heavy (non-hydrogen) atoms. The normalized spacial score (nSPS) is 10.6.